The Morgan fingerprint density at radius 3 is 2.60 bits per heavy atom. The van der Waals surface area contributed by atoms with Crippen LogP contribution < -0.4 is 4.74 Å². The van der Waals surface area contributed by atoms with Crippen LogP contribution in [0.25, 0.3) is 6.08 Å². The van der Waals surface area contributed by atoms with Crippen LogP contribution in [0.3, 0.4) is 0 Å². The minimum Gasteiger partial charge on any atom is -0.482 e. The van der Waals surface area contributed by atoms with Crippen molar-refractivity contribution >= 4 is 24.7 Å². The van der Waals surface area contributed by atoms with E-state index in [1.165, 1.54) is 0 Å². The second-order valence-electron chi connectivity index (χ2n) is 2.84. The lowest BCUT2D eigenvalue weighted by Crippen LogP contribution is -2.09. The van der Waals surface area contributed by atoms with Gasteiger partial charge < -0.3 is 9.84 Å². The molecule has 0 aliphatic rings. The number of hydrogen-bond donors (Lipinski definition) is 2. The summed E-state index contributed by atoms with van der Waals surface area (Å²) in [6.07, 6.45) is 3.87. The van der Waals surface area contributed by atoms with E-state index in [9.17, 15) is 4.79 Å². The molecule has 0 saturated carbocycles. The lowest BCUT2D eigenvalue weighted by atomic mass is 10.2. The number of carbonyl (C=O) groups is 1. The molecule has 0 amide bonds. The number of carboxylic acids is 1. The summed E-state index contributed by atoms with van der Waals surface area (Å²) in [7, 11) is 0. The molecule has 1 aromatic carbocycles. The zero-order valence-corrected chi connectivity index (χ0v) is 8.98. The summed E-state index contributed by atoms with van der Waals surface area (Å²) in [6, 6.07) is 7.19. The van der Waals surface area contributed by atoms with Gasteiger partial charge in [0.1, 0.15) is 5.75 Å². The number of carboxylic acid groups (broad SMARTS) is 1. The van der Waals surface area contributed by atoms with Crippen LogP contribution in [0.1, 0.15) is 5.56 Å². The van der Waals surface area contributed by atoms with Crippen molar-refractivity contribution in [1.29, 1.82) is 0 Å². The molecule has 80 valence electrons. The van der Waals surface area contributed by atoms with Crippen molar-refractivity contribution in [2.24, 2.45) is 0 Å². The molecule has 0 spiro atoms. The van der Waals surface area contributed by atoms with Gasteiger partial charge >= 0.3 is 5.97 Å². The van der Waals surface area contributed by atoms with Crippen molar-refractivity contribution in [2.75, 3.05) is 12.4 Å². The molecule has 3 nitrogen and oxygen atoms in total. The van der Waals surface area contributed by atoms with Crippen LogP contribution in [-0.2, 0) is 4.79 Å². The zero-order chi connectivity index (χ0) is 11.1. The zero-order valence-electron chi connectivity index (χ0n) is 8.09. The quantitative estimate of drug-likeness (QED) is 0.753. The average molecular weight is 224 g/mol. The maximum absolute atomic E-state index is 10.2. The Bertz CT molecular complexity index is 343. The van der Waals surface area contributed by atoms with Gasteiger partial charge in [0.05, 0.1) is 0 Å². The van der Waals surface area contributed by atoms with Gasteiger partial charge in [0.2, 0.25) is 0 Å². The van der Waals surface area contributed by atoms with Gasteiger partial charge in [-0.15, -0.1) is 0 Å². The molecule has 0 aliphatic heterocycles. The van der Waals surface area contributed by atoms with Gasteiger partial charge in [-0.25, -0.2) is 4.79 Å². The standard InChI is InChI=1S/C11H12O3S/c12-11(13)8-14-10-5-3-9(4-6-10)2-1-7-15/h1-6,15H,7-8H2,(H,12,13). The maximum atomic E-state index is 10.2. The van der Waals surface area contributed by atoms with Crippen molar-refractivity contribution in [3.05, 3.63) is 35.9 Å². The summed E-state index contributed by atoms with van der Waals surface area (Å²) in [5.41, 5.74) is 1.03. The number of rotatable bonds is 5. The first-order valence-corrected chi connectivity index (χ1v) is 5.07. The molecule has 15 heavy (non-hydrogen) atoms. The maximum Gasteiger partial charge on any atom is 0.341 e. The molecule has 0 radical (unpaired) electrons. The normalized spacial score (nSPS) is 10.5. The molecule has 1 aromatic rings. The molecule has 0 fully saturated rings. The molecule has 4 heteroatoms. The molecule has 1 N–H and O–H groups in total. The van der Waals surface area contributed by atoms with Crippen molar-refractivity contribution < 1.29 is 14.6 Å². The van der Waals surface area contributed by atoms with E-state index in [1.54, 1.807) is 12.1 Å². The van der Waals surface area contributed by atoms with Gasteiger partial charge in [-0.3, -0.25) is 0 Å². The molecule has 0 saturated heterocycles. The van der Waals surface area contributed by atoms with Gasteiger partial charge in [-0.2, -0.15) is 12.6 Å². The molecular weight excluding hydrogens is 212 g/mol. The summed E-state index contributed by atoms with van der Waals surface area (Å²) in [6.45, 7) is -0.314. The Balaban J connectivity index is 2.56. The Kier molecular flexibility index (Phi) is 4.77. The van der Waals surface area contributed by atoms with Crippen LogP contribution in [0.15, 0.2) is 30.3 Å². The number of hydrogen-bond acceptors (Lipinski definition) is 3. The van der Waals surface area contributed by atoms with Crippen LogP contribution in [0.2, 0.25) is 0 Å². The first kappa shape index (κ1) is 11.7. The summed E-state index contributed by atoms with van der Waals surface area (Å²) < 4.78 is 4.99. The van der Waals surface area contributed by atoms with Gasteiger partial charge in [0, 0.05) is 5.75 Å². The highest BCUT2D eigenvalue weighted by atomic mass is 32.1. The highest BCUT2D eigenvalue weighted by Gasteiger charge is 1.98. The third-order valence-electron chi connectivity index (χ3n) is 1.66. The van der Waals surface area contributed by atoms with E-state index in [-0.39, 0.29) is 6.61 Å². The predicted octanol–water partition coefficient (Wildman–Crippen LogP) is 2.09. The number of aliphatic carboxylic acids is 1. The Labute approximate surface area is 93.8 Å². The van der Waals surface area contributed by atoms with Gasteiger partial charge in [0.15, 0.2) is 6.61 Å². The largest absolute Gasteiger partial charge is 0.482 e. The second-order valence-corrected chi connectivity index (χ2v) is 3.20. The topological polar surface area (TPSA) is 46.5 Å². The van der Waals surface area contributed by atoms with Crippen molar-refractivity contribution in [3.63, 3.8) is 0 Å². The van der Waals surface area contributed by atoms with Gasteiger partial charge in [0.25, 0.3) is 0 Å². The number of benzene rings is 1. The third kappa shape index (κ3) is 4.56. The molecule has 0 atom stereocenters. The average Bonchev–Trinajstić information content (AvgIpc) is 2.25. The lowest BCUT2D eigenvalue weighted by molar-refractivity contribution is -0.139. The van der Waals surface area contributed by atoms with E-state index in [0.29, 0.717) is 11.5 Å². The van der Waals surface area contributed by atoms with Crippen molar-refractivity contribution in [1.82, 2.24) is 0 Å². The van der Waals surface area contributed by atoms with E-state index >= 15 is 0 Å². The summed E-state index contributed by atoms with van der Waals surface area (Å²) in [5.74, 6) is 0.270. The first-order chi connectivity index (χ1) is 7.22. The number of ether oxygens (including phenoxy) is 1. The van der Waals surface area contributed by atoms with E-state index in [2.05, 4.69) is 12.6 Å². The smallest absolute Gasteiger partial charge is 0.341 e. The fourth-order valence-electron chi connectivity index (χ4n) is 1.01. The van der Waals surface area contributed by atoms with Crippen LogP contribution in [0, 0.1) is 0 Å². The van der Waals surface area contributed by atoms with E-state index in [1.807, 2.05) is 24.3 Å². The molecule has 1 rings (SSSR count). The van der Waals surface area contributed by atoms with Crippen molar-refractivity contribution in [3.8, 4) is 5.75 Å². The van der Waals surface area contributed by atoms with Crippen LogP contribution in [0.5, 0.6) is 5.75 Å². The second kappa shape index (κ2) is 6.14. The summed E-state index contributed by atoms with van der Waals surface area (Å²) in [5, 5.41) is 8.40. The van der Waals surface area contributed by atoms with Crippen LogP contribution >= 0.6 is 12.6 Å². The van der Waals surface area contributed by atoms with E-state index in [0.717, 1.165) is 5.56 Å². The van der Waals surface area contributed by atoms with Crippen LogP contribution in [0.4, 0.5) is 0 Å². The highest BCUT2D eigenvalue weighted by Crippen LogP contribution is 2.13. The Morgan fingerprint density at radius 2 is 2.07 bits per heavy atom. The van der Waals surface area contributed by atoms with E-state index < -0.39 is 5.97 Å². The van der Waals surface area contributed by atoms with Crippen molar-refractivity contribution in [2.45, 2.75) is 0 Å². The monoisotopic (exact) mass is 224 g/mol. The van der Waals surface area contributed by atoms with Gasteiger partial charge in [-0.05, 0) is 17.7 Å². The van der Waals surface area contributed by atoms with Gasteiger partial charge in [-0.1, -0.05) is 24.3 Å². The Morgan fingerprint density at radius 1 is 1.40 bits per heavy atom. The molecule has 0 unspecified atom stereocenters. The number of thiol groups is 1. The lowest BCUT2D eigenvalue weighted by Gasteiger charge is -2.02. The molecule has 0 aliphatic carbocycles. The first-order valence-electron chi connectivity index (χ1n) is 4.44. The molecular formula is C11H12O3S. The fourth-order valence-corrected chi connectivity index (χ4v) is 1.11. The molecule has 0 bridgehead atoms. The van der Waals surface area contributed by atoms with E-state index in [4.69, 9.17) is 9.84 Å². The third-order valence-corrected chi connectivity index (χ3v) is 1.87. The summed E-state index contributed by atoms with van der Waals surface area (Å²) >= 11 is 4.05. The predicted molar refractivity (Wildman–Crippen MR) is 62.5 cm³/mol. The molecule has 0 heterocycles. The highest BCUT2D eigenvalue weighted by molar-refractivity contribution is 7.80. The van der Waals surface area contributed by atoms with Crippen LogP contribution in [-0.4, -0.2) is 23.4 Å². The SMILES string of the molecule is O=C(O)COc1ccc(C=CCS)cc1. The minimum atomic E-state index is -0.978. The minimum absolute atomic E-state index is 0.314. The Hall–Kier alpha value is -1.42. The fraction of sp³-hybridized carbons (Fsp3) is 0.182. The summed E-state index contributed by atoms with van der Waals surface area (Å²) in [4.78, 5) is 10.2. The molecule has 0 aromatic heterocycles.